The molecule has 4 heterocycles. The van der Waals surface area contributed by atoms with Crippen molar-refractivity contribution in [1.82, 2.24) is 25.3 Å². The summed E-state index contributed by atoms with van der Waals surface area (Å²) in [6.45, 7) is 4.92. The van der Waals surface area contributed by atoms with Crippen LogP contribution in [0.2, 0.25) is 0 Å². The van der Waals surface area contributed by atoms with Crippen LogP contribution in [-0.4, -0.2) is 63.2 Å². The number of hydrogen-bond acceptors (Lipinski definition) is 7. The standard InChI is InChI=1S/C14H21N5O2S.ClH/c1-14-4-3-11(20)19(14)10(8-22-14)13-16-12(17-21-13)9-7-15-5-6-18(9)2;/h9-10,15H,3-8H2,1-2H3;1H. The Balaban J connectivity index is 0.00000156. The van der Waals surface area contributed by atoms with Crippen LogP contribution in [-0.2, 0) is 4.79 Å². The van der Waals surface area contributed by atoms with Crippen molar-refractivity contribution in [2.45, 2.75) is 36.7 Å². The third-order valence-electron chi connectivity index (χ3n) is 5.00. The van der Waals surface area contributed by atoms with Crippen molar-refractivity contribution in [2.24, 2.45) is 0 Å². The Morgan fingerprint density at radius 3 is 3.04 bits per heavy atom. The summed E-state index contributed by atoms with van der Waals surface area (Å²) < 4.78 is 5.53. The molecule has 3 saturated heterocycles. The average Bonchev–Trinajstić information content (AvgIpc) is 3.16. The van der Waals surface area contributed by atoms with Gasteiger partial charge in [-0.1, -0.05) is 5.16 Å². The number of carbonyl (C=O) groups excluding carboxylic acids is 1. The third-order valence-corrected chi connectivity index (χ3v) is 6.50. The zero-order chi connectivity index (χ0) is 15.3. The Bertz CT molecular complexity index is 599. The van der Waals surface area contributed by atoms with E-state index >= 15 is 0 Å². The van der Waals surface area contributed by atoms with E-state index in [1.165, 1.54) is 0 Å². The summed E-state index contributed by atoms with van der Waals surface area (Å²) in [7, 11) is 2.08. The minimum absolute atomic E-state index is 0. The van der Waals surface area contributed by atoms with Gasteiger partial charge in [0, 0.05) is 31.8 Å². The second-order valence-electron chi connectivity index (χ2n) is 6.46. The number of halogens is 1. The molecule has 0 radical (unpaired) electrons. The molecule has 3 fully saturated rings. The lowest BCUT2D eigenvalue weighted by molar-refractivity contribution is -0.131. The Morgan fingerprint density at radius 2 is 2.26 bits per heavy atom. The second-order valence-corrected chi connectivity index (χ2v) is 7.96. The van der Waals surface area contributed by atoms with Gasteiger partial charge in [-0.3, -0.25) is 9.69 Å². The number of aromatic nitrogens is 2. The molecule has 23 heavy (non-hydrogen) atoms. The molecule has 4 rings (SSSR count). The summed E-state index contributed by atoms with van der Waals surface area (Å²) in [5, 5.41) is 7.54. The number of rotatable bonds is 2. The lowest BCUT2D eigenvalue weighted by Crippen LogP contribution is -2.44. The van der Waals surface area contributed by atoms with Crippen molar-refractivity contribution < 1.29 is 9.32 Å². The van der Waals surface area contributed by atoms with Crippen LogP contribution < -0.4 is 5.32 Å². The highest BCUT2D eigenvalue weighted by atomic mass is 35.5. The lowest BCUT2D eigenvalue weighted by Gasteiger charge is -2.30. The molecule has 0 aromatic carbocycles. The fourth-order valence-electron chi connectivity index (χ4n) is 3.62. The summed E-state index contributed by atoms with van der Waals surface area (Å²) >= 11 is 1.82. The predicted octanol–water partition coefficient (Wildman–Crippen LogP) is 1.19. The predicted molar refractivity (Wildman–Crippen MR) is 89.5 cm³/mol. The van der Waals surface area contributed by atoms with Crippen molar-refractivity contribution in [2.75, 3.05) is 32.4 Å². The Labute approximate surface area is 145 Å². The van der Waals surface area contributed by atoms with E-state index in [9.17, 15) is 4.79 Å². The number of nitrogens with one attached hydrogen (secondary N) is 1. The molecule has 7 nitrogen and oxygen atoms in total. The number of piperazine rings is 1. The number of fused-ring (bicyclic) bond motifs is 1. The van der Waals surface area contributed by atoms with Gasteiger partial charge in [-0.2, -0.15) is 4.98 Å². The SMILES string of the molecule is CN1CCNCC1c1noc(C2CSC3(C)CCC(=O)N23)n1.Cl. The zero-order valence-corrected chi connectivity index (χ0v) is 15.0. The number of hydrogen-bond donors (Lipinski definition) is 1. The number of nitrogens with zero attached hydrogens (tertiary/aromatic N) is 4. The number of likely N-dealkylation sites (N-methyl/N-ethyl adjacent to an activating group) is 1. The molecule has 3 aliphatic heterocycles. The van der Waals surface area contributed by atoms with Gasteiger partial charge in [0.05, 0.1) is 10.9 Å². The fraction of sp³-hybridized carbons (Fsp3) is 0.786. The van der Waals surface area contributed by atoms with Gasteiger partial charge in [-0.25, -0.2) is 0 Å². The van der Waals surface area contributed by atoms with Crippen LogP contribution in [0.25, 0.3) is 0 Å². The quantitative estimate of drug-likeness (QED) is 0.850. The highest BCUT2D eigenvalue weighted by molar-refractivity contribution is 8.00. The van der Waals surface area contributed by atoms with Crippen LogP contribution >= 0.6 is 24.2 Å². The molecule has 0 bridgehead atoms. The summed E-state index contributed by atoms with van der Waals surface area (Å²) in [5.74, 6) is 2.34. The first-order chi connectivity index (χ1) is 10.6. The number of carbonyl (C=O) groups is 1. The normalized spacial score (nSPS) is 34.5. The zero-order valence-electron chi connectivity index (χ0n) is 13.3. The molecule has 1 amide bonds. The first-order valence-electron chi connectivity index (χ1n) is 7.79. The summed E-state index contributed by atoms with van der Waals surface area (Å²) in [6, 6.07) is 0.0640. The molecule has 128 valence electrons. The molecule has 1 aromatic rings. The number of thioether (sulfide) groups is 1. The molecule has 3 unspecified atom stereocenters. The van der Waals surface area contributed by atoms with Crippen LogP contribution in [0.1, 0.15) is 43.6 Å². The highest BCUT2D eigenvalue weighted by Gasteiger charge is 2.52. The van der Waals surface area contributed by atoms with E-state index in [0.29, 0.717) is 12.3 Å². The fourth-order valence-corrected chi connectivity index (χ4v) is 5.04. The van der Waals surface area contributed by atoms with Gasteiger partial charge in [0.1, 0.15) is 6.04 Å². The van der Waals surface area contributed by atoms with Gasteiger partial charge >= 0.3 is 0 Å². The average molecular weight is 360 g/mol. The number of amides is 1. The smallest absolute Gasteiger partial charge is 0.250 e. The van der Waals surface area contributed by atoms with Gasteiger partial charge in [0.15, 0.2) is 5.82 Å². The summed E-state index contributed by atoms with van der Waals surface area (Å²) in [6.07, 6.45) is 1.53. The van der Waals surface area contributed by atoms with Gasteiger partial charge in [-0.05, 0) is 20.4 Å². The first-order valence-corrected chi connectivity index (χ1v) is 8.78. The van der Waals surface area contributed by atoms with E-state index < -0.39 is 0 Å². The van der Waals surface area contributed by atoms with E-state index in [0.717, 1.165) is 37.6 Å². The molecule has 1 N–H and O–H groups in total. The Hall–Kier alpha value is -0.830. The Morgan fingerprint density at radius 1 is 1.43 bits per heavy atom. The Kier molecular flexibility index (Phi) is 4.61. The molecule has 1 aromatic heterocycles. The molecule has 0 spiro atoms. The molecular weight excluding hydrogens is 338 g/mol. The van der Waals surface area contributed by atoms with Crippen LogP contribution in [0, 0.1) is 0 Å². The van der Waals surface area contributed by atoms with Crippen LogP contribution in [0.5, 0.6) is 0 Å². The molecule has 3 aliphatic rings. The van der Waals surface area contributed by atoms with Crippen molar-refractivity contribution >= 4 is 30.1 Å². The molecule has 0 saturated carbocycles. The van der Waals surface area contributed by atoms with Crippen LogP contribution in [0.4, 0.5) is 0 Å². The maximum absolute atomic E-state index is 12.2. The monoisotopic (exact) mass is 359 g/mol. The summed E-state index contributed by atoms with van der Waals surface area (Å²) in [4.78, 5) is 20.9. The third kappa shape index (κ3) is 2.75. The lowest BCUT2D eigenvalue weighted by atomic mass is 10.2. The second kappa shape index (κ2) is 6.23. The van der Waals surface area contributed by atoms with Gasteiger partial charge in [0.25, 0.3) is 0 Å². The summed E-state index contributed by atoms with van der Waals surface area (Å²) in [5.41, 5.74) is 0. The van der Waals surface area contributed by atoms with Gasteiger partial charge in [0.2, 0.25) is 11.8 Å². The van der Waals surface area contributed by atoms with E-state index in [2.05, 4.69) is 34.3 Å². The topological polar surface area (TPSA) is 74.5 Å². The highest BCUT2D eigenvalue weighted by Crippen LogP contribution is 2.52. The molecule has 0 aliphatic carbocycles. The molecule has 3 atom stereocenters. The largest absolute Gasteiger partial charge is 0.337 e. The van der Waals surface area contributed by atoms with E-state index in [1.54, 1.807) is 0 Å². The maximum Gasteiger partial charge on any atom is 0.250 e. The van der Waals surface area contributed by atoms with E-state index in [-0.39, 0.29) is 35.3 Å². The van der Waals surface area contributed by atoms with Crippen LogP contribution in [0.3, 0.4) is 0 Å². The van der Waals surface area contributed by atoms with Crippen molar-refractivity contribution in [3.8, 4) is 0 Å². The van der Waals surface area contributed by atoms with Crippen molar-refractivity contribution in [3.63, 3.8) is 0 Å². The minimum Gasteiger partial charge on any atom is -0.337 e. The molecular formula is C14H22ClN5O2S. The maximum atomic E-state index is 12.2. The van der Waals surface area contributed by atoms with Crippen molar-refractivity contribution in [1.29, 1.82) is 0 Å². The minimum atomic E-state index is -0.0976. The van der Waals surface area contributed by atoms with E-state index in [1.807, 2.05) is 16.7 Å². The van der Waals surface area contributed by atoms with Crippen LogP contribution in [0.15, 0.2) is 4.52 Å². The van der Waals surface area contributed by atoms with E-state index in [4.69, 9.17) is 4.52 Å². The van der Waals surface area contributed by atoms with Gasteiger partial charge in [-0.15, -0.1) is 24.2 Å². The van der Waals surface area contributed by atoms with Crippen molar-refractivity contribution in [3.05, 3.63) is 11.7 Å². The first kappa shape index (κ1) is 17.0. The molecule has 9 heteroatoms. The van der Waals surface area contributed by atoms with Gasteiger partial charge < -0.3 is 14.7 Å².